The summed E-state index contributed by atoms with van der Waals surface area (Å²) >= 11 is 0. The lowest BCUT2D eigenvalue weighted by molar-refractivity contribution is -0.136. The highest BCUT2D eigenvalue weighted by Gasteiger charge is 2.37. The molecule has 31 heavy (non-hydrogen) atoms. The van der Waals surface area contributed by atoms with E-state index in [0.29, 0.717) is 11.3 Å². The summed E-state index contributed by atoms with van der Waals surface area (Å²) in [6.45, 7) is 6.10. The molecule has 160 valence electrons. The van der Waals surface area contributed by atoms with Gasteiger partial charge in [-0.15, -0.1) is 0 Å². The summed E-state index contributed by atoms with van der Waals surface area (Å²) in [5.74, 6) is -1.24. The molecule has 1 amide bonds. The van der Waals surface area contributed by atoms with Crippen molar-refractivity contribution < 1.29 is 23.8 Å². The summed E-state index contributed by atoms with van der Waals surface area (Å²) in [7, 11) is 0. The number of nitrogens with zero attached hydrogens (tertiary/aromatic N) is 1. The number of carbonyl (C=O) groups excluding carboxylic acids is 2. The zero-order valence-electron chi connectivity index (χ0n) is 17.5. The second kappa shape index (κ2) is 7.58. The molecule has 4 rings (SSSR count). The number of hydrogen-bond acceptors (Lipinski definition) is 4. The molecule has 0 spiro atoms. The van der Waals surface area contributed by atoms with Gasteiger partial charge in [-0.25, -0.2) is 9.18 Å². The van der Waals surface area contributed by atoms with E-state index in [1.807, 2.05) is 13.8 Å². The van der Waals surface area contributed by atoms with Crippen molar-refractivity contribution in [3.63, 3.8) is 0 Å². The number of phenols is 1. The Balaban J connectivity index is 1.90. The van der Waals surface area contributed by atoms with Gasteiger partial charge in [-0.2, -0.15) is 0 Å². The molecule has 0 aliphatic carbocycles. The van der Waals surface area contributed by atoms with Crippen molar-refractivity contribution in [3.8, 4) is 5.75 Å². The molecule has 0 saturated carbocycles. The lowest BCUT2D eigenvalue weighted by Gasteiger charge is -2.29. The summed E-state index contributed by atoms with van der Waals surface area (Å²) in [6.07, 6.45) is 1.49. The van der Waals surface area contributed by atoms with E-state index >= 15 is 0 Å². The maximum absolute atomic E-state index is 13.3. The minimum absolute atomic E-state index is 0.107. The molecule has 1 aliphatic heterocycles. The predicted octanol–water partition coefficient (Wildman–Crippen LogP) is 4.35. The number of aromatic hydroxyl groups is 1. The topological polar surface area (TPSA) is 82.6 Å². The van der Waals surface area contributed by atoms with E-state index in [4.69, 9.17) is 4.74 Å². The van der Waals surface area contributed by atoms with Crippen LogP contribution in [0, 0.1) is 5.82 Å². The van der Waals surface area contributed by atoms with Crippen LogP contribution in [0.1, 0.15) is 42.4 Å². The summed E-state index contributed by atoms with van der Waals surface area (Å²) < 4.78 is 18.6. The van der Waals surface area contributed by atoms with Gasteiger partial charge in [0, 0.05) is 34.6 Å². The molecule has 2 aromatic carbocycles. The average molecular weight is 422 g/mol. The van der Waals surface area contributed by atoms with Crippen LogP contribution in [0.5, 0.6) is 5.75 Å². The largest absolute Gasteiger partial charge is 0.508 e. The Hall–Kier alpha value is -3.61. The van der Waals surface area contributed by atoms with E-state index < -0.39 is 17.2 Å². The van der Waals surface area contributed by atoms with Crippen molar-refractivity contribution in [1.82, 2.24) is 9.88 Å². The number of carbonyl (C=O) groups is 2. The van der Waals surface area contributed by atoms with Gasteiger partial charge in [-0.05, 0) is 55.0 Å². The van der Waals surface area contributed by atoms with Crippen molar-refractivity contribution in [1.29, 1.82) is 0 Å². The fraction of sp³-hybridized carbons (Fsp3) is 0.250. The molecule has 0 bridgehead atoms. The molecule has 2 N–H and O–H groups in total. The number of aromatic amines is 1. The highest BCUT2D eigenvalue weighted by atomic mass is 19.1. The van der Waals surface area contributed by atoms with E-state index in [0.717, 1.165) is 16.5 Å². The van der Waals surface area contributed by atoms with Crippen molar-refractivity contribution >= 4 is 28.4 Å². The number of ether oxygens (including phenoxy) is 1. The molecular formula is C24H23FN2O4. The highest BCUT2D eigenvalue weighted by molar-refractivity contribution is 6.18. The first kappa shape index (κ1) is 20.7. The first-order chi connectivity index (χ1) is 14.7. The number of aromatic nitrogens is 1. The van der Waals surface area contributed by atoms with Crippen molar-refractivity contribution in [3.05, 3.63) is 71.3 Å². The molecule has 0 unspecified atom stereocenters. The zero-order chi connectivity index (χ0) is 22.3. The average Bonchev–Trinajstić information content (AvgIpc) is 3.04. The fourth-order valence-corrected chi connectivity index (χ4v) is 4.11. The smallest absolute Gasteiger partial charge is 0.341 e. The van der Waals surface area contributed by atoms with Crippen LogP contribution < -0.4 is 0 Å². The standard InChI is InChI=1S/C24H23FN2O4/c1-4-31-23(30)18-12-27(22(29)14-5-7-15(25)8-6-14)13-24(2,3)20-17-11-16(28)9-10-19(17)26-21(18)20/h5-12,26,28H,4,13H2,1-3H3. The number of halogens is 1. The van der Waals surface area contributed by atoms with Crippen molar-refractivity contribution in [2.24, 2.45) is 0 Å². The zero-order valence-corrected chi connectivity index (χ0v) is 17.5. The van der Waals surface area contributed by atoms with Gasteiger partial charge >= 0.3 is 5.97 Å². The molecule has 0 fully saturated rings. The quantitative estimate of drug-likeness (QED) is 0.615. The summed E-state index contributed by atoms with van der Waals surface area (Å²) in [6, 6.07) is 10.3. The summed E-state index contributed by atoms with van der Waals surface area (Å²) in [5, 5.41) is 10.8. The van der Waals surface area contributed by atoms with Gasteiger partial charge in [0.25, 0.3) is 5.91 Å². The van der Waals surface area contributed by atoms with Gasteiger partial charge in [0.2, 0.25) is 0 Å². The molecule has 6 nitrogen and oxygen atoms in total. The Kier molecular flexibility index (Phi) is 5.05. The Morgan fingerprint density at radius 3 is 2.58 bits per heavy atom. The minimum Gasteiger partial charge on any atom is -0.508 e. The minimum atomic E-state index is -0.582. The summed E-state index contributed by atoms with van der Waals surface area (Å²) in [4.78, 5) is 30.8. The second-order valence-corrected chi connectivity index (χ2v) is 8.19. The molecule has 7 heteroatoms. The molecule has 0 saturated heterocycles. The lowest BCUT2D eigenvalue weighted by atomic mass is 9.81. The number of benzene rings is 2. The van der Waals surface area contributed by atoms with Gasteiger partial charge in [0.1, 0.15) is 11.6 Å². The molecule has 0 atom stereocenters. The van der Waals surface area contributed by atoms with Crippen LogP contribution in [0.4, 0.5) is 4.39 Å². The maximum Gasteiger partial charge on any atom is 0.341 e. The molecule has 1 aliphatic rings. The number of nitrogens with one attached hydrogen (secondary N) is 1. The first-order valence-electron chi connectivity index (χ1n) is 10.0. The van der Waals surface area contributed by atoms with E-state index in [1.165, 1.54) is 35.4 Å². The monoisotopic (exact) mass is 422 g/mol. The Bertz CT molecular complexity index is 1210. The van der Waals surface area contributed by atoms with Gasteiger partial charge in [0.15, 0.2) is 0 Å². The van der Waals surface area contributed by atoms with Crippen LogP contribution in [0.25, 0.3) is 16.5 Å². The van der Waals surface area contributed by atoms with Crippen LogP contribution in [-0.4, -0.2) is 40.0 Å². The SMILES string of the molecule is CCOC(=O)C1=CN(C(=O)c2ccc(F)cc2)CC(C)(C)c2c1[nH]c1ccc(O)cc21. The third-order valence-electron chi connectivity index (χ3n) is 5.43. The van der Waals surface area contributed by atoms with Crippen LogP contribution in [0.2, 0.25) is 0 Å². The van der Waals surface area contributed by atoms with Gasteiger partial charge in [-0.3, -0.25) is 4.79 Å². The maximum atomic E-state index is 13.3. The first-order valence-corrected chi connectivity index (χ1v) is 10.0. The van der Waals surface area contributed by atoms with Crippen molar-refractivity contribution in [2.45, 2.75) is 26.2 Å². The number of H-pyrrole nitrogens is 1. The number of esters is 1. The van der Waals surface area contributed by atoms with Gasteiger partial charge in [0.05, 0.1) is 17.9 Å². The molecule has 0 radical (unpaired) electrons. The number of phenolic OH excluding ortho intramolecular Hbond substituents is 1. The van der Waals surface area contributed by atoms with Crippen LogP contribution in [0.3, 0.4) is 0 Å². The Morgan fingerprint density at radius 1 is 1.19 bits per heavy atom. The number of hydrogen-bond donors (Lipinski definition) is 2. The molecular weight excluding hydrogens is 399 g/mol. The number of rotatable bonds is 3. The third-order valence-corrected chi connectivity index (χ3v) is 5.43. The van der Waals surface area contributed by atoms with Crippen LogP contribution in [-0.2, 0) is 14.9 Å². The van der Waals surface area contributed by atoms with Gasteiger partial charge in [-0.1, -0.05) is 13.8 Å². The van der Waals surface area contributed by atoms with Gasteiger partial charge < -0.3 is 19.7 Å². The van der Waals surface area contributed by atoms with Crippen LogP contribution >= 0.6 is 0 Å². The predicted molar refractivity (Wildman–Crippen MR) is 115 cm³/mol. The van der Waals surface area contributed by atoms with Crippen molar-refractivity contribution in [2.75, 3.05) is 13.2 Å². The molecule has 3 aromatic rings. The Morgan fingerprint density at radius 2 is 1.90 bits per heavy atom. The lowest BCUT2D eigenvalue weighted by Crippen LogP contribution is -2.36. The Labute approximate surface area is 178 Å². The van der Waals surface area contributed by atoms with Crippen LogP contribution in [0.15, 0.2) is 48.7 Å². The fourth-order valence-electron chi connectivity index (χ4n) is 4.11. The van der Waals surface area contributed by atoms with E-state index in [9.17, 15) is 19.1 Å². The van der Waals surface area contributed by atoms with E-state index in [2.05, 4.69) is 4.98 Å². The normalized spacial score (nSPS) is 15.2. The highest BCUT2D eigenvalue weighted by Crippen LogP contribution is 2.41. The number of amides is 1. The molecule has 1 aromatic heterocycles. The second-order valence-electron chi connectivity index (χ2n) is 8.19. The third kappa shape index (κ3) is 3.67. The van der Waals surface area contributed by atoms with E-state index in [1.54, 1.807) is 25.1 Å². The van der Waals surface area contributed by atoms with E-state index in [-0.39, 0.29) is 30.4 Å². The molecule has 2 heterocycles. The summed E-state index contributed by atoms with van der Waals surface area (Å²) in [5.41, 5.74) is 2.08. The number of fused-ring (bicyclic) bond motifs is 3.